The zero-order chi connectivity index (χ0) is 12.8. The average Bonchev–Trinajstić information content (AvgIpc) is 2.88. The molecule has 0 saturated carbocycles. The lowest BCUT2D eigenvalue weighted by Crippen LogP contribution is -2.21. The van der Waals surface area contributed by atoms with Gasteiger partial charge in [-0.1, -0.05) is 23.4 Å². The lowest BCUT2D eigenvalue weighted by atomic mass is 10.1. The van der Waals surface area contributed by atoms with Gasteiger partial charge in [0.2, 0.25) is 0 Å². The Morgan fingerprint density at radius 3 is 2.94 bits per heavy atom. The van der Waals surface area contributed by atoms with E-state index in [9.17, 15) is 4.39 Å². The van der Waals surface area contributed by atoms with Crippen LogP contribution in [0.2, 0.25) is 0 Å². The smallest absolute Gasteiger partial charge is 0.127 e. The van der Waals surface area contributed by atoms with Crippen molar-refractivity contribution >= 4 is 0 Å². The zero-order valence-electron chi connectivity index (χ0n) is 10.4. The summed E-state index contributed by atoms with van der Waals surface area (Å²) in [6, 6.07) is 6.87. The Kier molecular flexibility index (Phi) is 4.41. The number of rotatable bonds is 6. The van der Waals surface area contributed by atoms with E-state index in [0.29, 0.717) is 5.56 Å². The van der Waals surface area contributed by atoms with E-state index >= 15 is 0 Å². The van der Waals surface area contributed by atoms with Crippen molar-refractivity contribution in [3.63, 3.8) is 0 Å². The number of hydrogen-bond acceptors (Lipinski definition) is 3. The summed E-state index contributed by atoms with van der Waals surface area (Å²) in [5, 5.41) is 10.9. The van der Waals surface area contributed by atoms with E-state index < -0.39 is 0 Å². The van der Waals surface area contributed by atoms with Crippen LogP contribution in [0.4, 0.5) is 4.39 Å². The fourth-order valence-corrected chi connectivity index (χ4v) is 1.85. The first-order valence-electron chi connectivity index (χ1n) is 6.09. The minimum Gasteiger partial charge on any atom is -0.310 e. The Hall–Kier alpha value is -1.75. The summed E-state index contributed by atoms with van der Waals surface area (Å²) in [7, 11) is 0. The number of halogens is 1. The van der Waals surface area contributed by atoms with Crippen molar-refractivity contribution in [2.75, 3.05) is 6.54 Å². The number of benzene rings is 1. The van der Waals surface area contributed by atoms with Crippen LogP contribution >= 0.6 is 0 Å². The van der Waals surface area contributed by atoms with Gasteiger partial charge in [-0.15, -0.1) is 5.10 Å². The first kappa shape index (κ1) is 12.7. The van der Waals surface area contributed by atoms with Gasteiger partial charge < -0.3 is 5.32 Å². The molecule has 5 heteroatoms. The van der Waals surface area contributed by atoms with Gasteiger partial charge in [-0.2, -0.15) is 0 Å². The maximum absolute atomic E-state index is 13.5. The molecule has 2 rings (SSSR count). The highest BCUT2D eigenvalue weighted by Gasteiger charge is 2.08. The summed E-state index contributed by atoms with van der Waals surface area (Å²) in [5.41, 5.74) is 0.707. The van der Waals surface area contributed by atoms with E-state index in [4.69, 9.17) is 0 Å². The van der Waals surface area contributed by atoms with Crippen LogP contribution in [0.3, 0.4) is 0 Å². The Morgan fingerprint density at radius 2 is 2.22 bits per heavy atom. The third-order valence-corrected chi connectivity index (χ3v) is 2.86. The van der Waals surface area contributed by atoms with Crippen LogP contribution in [0.5, 0.6) is 0 Å². The van der Waals surface area contributed by atoms with Gasteiger partial charge in [0.05, 0.1) is 6.20 Å². The summed E-state index contributed by atoms with van der Waals surface area (Å²) in [6.45, 7) is 3.60. The largest absolute Gasteiger partial charge is 0.310 e. The molecule has 0 spiro atoms. The molecule has 0 saturated heterocycles. The van der Waals surface area contributed by atoms with Gasteiger partial charge in [-0.05, 0) is 26.0 Å². The fraction of sp³-hybridized carbons (Fsp3) is 0.385. The SMILES string of the molecule is CC(NCCCn1ccnn1)c1ccccc1F. The standard InChI is InChI=1S/C13H17FN4/c1-11(12-5-2-3-6-13(12)14)15-7-4-9-18-10-8-16-17-18/h2-3,5-6,8,10-11,15H,4,7,9H2,1H3. The summed E-state index contributed by atoms with van der Waals surface area (Å²) in [6.07, 6.45) is 4.43. The fourth-order valence-electron chi connectivity index (χ4n) is 1.85. The van der Waals surface area contributed by atoms with E-state index in [0.717, 1.165) is 19.5 Å². The second kappa shape index (κ2) is 6.26. The third kappa shape index (κ3) is 3.37. The van der Waals surface area contributed by atoms with Crippen molar-refractivity contribution in [3.8, 4) is 0 Å². The molecule has 1 unspecified atom stereocenters. The Morgan fingerprint density at radius 1 is 1.39 bits per heavy atom. The second-order valence-corrected chi connectivity index (χ2v) is 4.22. The number of nitrogens with zero attached hydrogens (tertiary/aromatic N) is 3. The van der Waals surface area contributed by atoms with E-state index in [-0.39, 0.29) is 11.9 Å². The maximum Gasteiger partial charge on any atom is 0.127 e. The predicted octanol–water partition coefficient (Wildman–Crippen LogP) is 2.16. The van der Waals surface area contributed by atoms with Crippen LogP contribution in [-0.4, -0.2) is 21.5 Å². The van der Waals surface area contributed by atoms with Crippen LogP contribution in [0.15, 0.2) is 36.7 Å². The van der Waals surface area contributed by atoms with Crippen molar-refractivity contribution < 1.29 is 4.39 Å². The molecule has 0 aliphatic rings. The molecule has 0 bridgehead atoms. The van der Waals surface area contributed by atoms with Crippen LogP contribution in [0, 0.1) is 5.82 Å². The molecule has 1 aromatic heterocycles. The van der Waals surface area contributed by atoms with E-state index in [1.165, 1.54) is 6.07 Å². The van der Waals surface area contributed by atoms with Gasteiger partial charge in [0, 0.05) is 24.3 Å². The first-order valence-corrected chi connectivity index (χ1v) is 6.09. The molecule has 1 N–H and O–H groups in total. The van der Waals surface area contributed by atoms with E-state index in [1.807, 2.05) is 25.3 Å². The number of nitrogens with one attached hydrogen (secondary N) is 1. The molecule has 0 aliphatic carbocycles. The highest BCUT2D eigenvalue weighted by atomic mass is 19.1. The van der Waals surface area contributed by atoms with Crippen molar-refractivity contribution in [1.82, 2.24) is 20.3 Å². The molecule has 2 aromatic rings. The third-order valence-electron chi connectivity index (χ3n) is 2.86. The lowest BCUT2D eigenvalue weighted by molar-refractivity contribution is 0.486. The summed E-state index contributed by atoms with van der Waals surface area (Å²) >= 11 is 0. The molecule has 1 atom stereocenters. The Labute approximate surface area is 106 Å². The van der Waals surface area contributed by atoms with Gasteiger partial charge in [0.15, 0.2) is 0 Å². The number of aryl methyl sites for hydroxylation is 1. The highest BCUT2D eigenvalue weighted by molar-refractivity contribution is 5.20. The molecular weight excluding hydrogens is 231 g/mol. The van der Waals surface area contributed by atoms with Crippen LogP contribution in [0.25, 0.3) is 0 Å². The first-order chi connectivity index (χ1) is 8.77. The topological polar surface area (TPSA) is 42.7 Å². The lowest BCUT2D eigenvalue weighted by Gasteiger charge is -2.14. The minimum atomic E-state index is -0.159. The summed E-state index contributed by atoms with van der Waals surface area (Å²) < 4.78 is 15.3. The quantitative estimate of drug-likeness (QED) is 0.797. The van der Waals surface area contributed by atoms with Crippen LogP contribution in [-0.2, 0) is 6.54 Å². The maximum atomic E-state index is 13.5. The minimum absolute atomic E-state index is 0.0157. The molecule has 4 nitrogen and oxygen atoms in total. The summed E-state index contributed by atoms with van der Waals surface area (Å²) in [4.78, 5) is 0. The van der Waals surface area contributed by atoms with Gasteiger partial charge in [0.1, 0.15) is 5.82 Å². The average molecular weight is 248 g/mol. The van der Waals surface area contributed by atoms with Gasteiger partial charge in [-0.25, -0.2) is 4.39 Å². The molecule has 1 heterocycles. The van der Waals surface area contributed by atoms with Gasteiger partial charge >= 0.3 is 0 Å². The highest BCUT2D eigenvalue weighted by Crippen LogP contribution is 2.15. The van der Waals surface area contributed by atoms with Crippen LogP contribution < -0.4 is 5.32 Å². The molecular formula is C13H17FN4. The Balaban J connectivity index is 1.75. The van der Waals surface area contributed by atoms with E-state index in [1.54, 1.807) is 16.9 Å². The Bertz CT molecular complexity index is 470. The van der Waals surface area contributed by atoms with Crippen LogP contribution in [0.1, 0.15) is 24.9 Å². The van der Waals surface area contributed by atoms with Crippen molar-refractivity contribution in [3.05, 3.63) is 48.0 Å². The second-order valence-electron chi connectivity index (χ2n) is 4.22. The zero-order valence-corrected chi connectivity index (χ0v) is 10.4. The van der Waals surface area contributed by atoms with Crippen molar-refractivity contribution in [2.24, 2.45) is 0 Å². The molecule has 1 aromatic carbocycles. The molecule has 0 amide bonds. The monoisotopic (exact) mass is 248 g/mol. The normalized spacial score (nSPS) is 12.6. The predicted molar refractivity (Wildman–Crippen MR) is 67.5 cm³/mol. The summed E-state index contributed by atoms with van der Waals surface area (Å²) in [5.74, 6) is -0.159. The molecule has 0 aliphatic heterocycles. The van der Waals surface area contributed by atoms with E-state index in [2.05, 4.69) is 15.6 Å². The number of hydrogen-bond donors (Lipinski definition) is 1. The molecule has 0 radical (unpaired) electrons. The van der Waals surface area contributed by atoms with Gasteiger partial charge in [-0.3, -0.25) is 4.68 Å². The van der Waals surface area contributed by atoms with Crippen molar-refractivity contribution in [1.29, 1.82) is 0 Å². The number of aromatic nitrogens is 3. The van der Waals surface area contributed by atoms with Gasteiger partial charge in [0.25, 0.3) is 0 Å². The molecule has 0 fully saturated rings. The molecule has 18 heavy (non-hydrogen) atoms. The molecule has 96 valence electrons. The van der Waals surface area contributed by atoms with Crippen molar-refractivity contribution in [2.45, 2.75) is 25.9 Å².